The highest BCUT2D eigenvalue weighted by atomic mass is 35.5. The molecule has 0 saturated carbocycles. The van der Waals surface area contributed by atoms with E-state index in [2.05, 4.69) is 20.6 Å². The molecule has 0 unspecified atom stereocenters. The van der Waals surface area contributed by atoms with Crippen molar-refractivity contribution in [2.45, 2.75) is 0 Å². The van der Waals surface area contributed by atoms with Gasteiger partial charge in [-0.3, -0.25) is 9.59 Å². The van der Waals surface area contributed by atoms with Crippen molar-refractivity contribution in [3.05, 3.63) is 63.3 Å². The lowest BCUT2D eigenvalue weighted by Crippen LogP contribution is -2.33. The standard InChI is InChI=1S/C16H12ClFN4O3/c17-11-5-8(18)1-3-10(11)15(24)19-7-14(23)20-9-2-4-12-13(6-9)22-16(25)21-12/h1-6H,7H2,(H,19,24)(H,20,23)(H2,21,22,25). The number of H-pyrrole nitrogens is 2. The second-order valence-corrected chi connectivity index (χ2v) is 5.60. The van der Waals surface area contributed by atoms with Gasteiger partial charge in [0.1, 0.15) is 5.82 Å². The summed E-state index contributed by atoms with van der Waals surface area (Å²) in [4.78, 5) is 40.3. The Morgan fingerprint density at radius 3 is 2.60 bits per heavy atom. The molecule has 1 heterocycles. The van der Waals surface area contributed by atoms with Crippen LogP contribution in [0, 0.1) is 5.82 Å². The molecule has 2 aromatic carbocycles. The first-order valence-electron chi connectivity index (χ1n) is 7.17. The lowest BCUT2D eigenvalue weighted by Gasteiger charge is -2.08. The molecule has 0 bridgehead atoms. The summed E-state index contributed by atoms with van der Waals surface area (Å²) >= 11 is 5.79. The summed E-state index contributed by atoms with van der Waals surface area (Å²) in [5, 5.41) is 4.95. The molecule has 0 aliphatic heterocycles. The molecule has 3 rings (SSSR count). The third-order valence-electron chi connectivity index (χ3n) is 3.38. The molecule has 2 amide bonds. The third-order valence-corrected chi connectivity index (χ3v) is 3.70. The molecule has 0 aliphatic carbocycles. The minimum Gasteiger partial charge on any atom is -0.343 e. The van der Waals surface area contributed by atoms with E-state index in [0.717, 1.165) is 12.1 Å². The summed E-state index contributed by atoms with van der Waals surface area (Å²) in [6.45, 7) is -0.297. The van der Waals surface area contributed by atoms with Gasteiger partial charge in [0.05, 0.1) is 28.2 Å². The molecule has 0 atom stereocenters. The van der Waals surface area contributed by atoms with Crippen LogP contribution in [0.15, 0.2) is 41.2 Å². The molecule has 0 fully saturated rings. The van der Waals surface area contributed by atoms with Crippen molar-refractivity contribution in [1.29, 1.82) is 0 Å². The highest BCUT2D eigenvalue weighted by Crippen LogP contribution is 2.17. The zero-order valence-electron chi connectivity index (χ0n) is 12.7. The number of rotatable bonds is 4. The maximum atomic E-state index is 13.0. The van der Waals surface area contributed by atoms with Crippen molar-refractivity contribution in [2.75, 3.05) is 11.9 Å². The Hall–Kier alpha value is -3.13. The van der Waals surface area contributed by atoms with Crippen LogP contribution in [0.3, 0.4) is 0 Å². The van der Waals surface area contributed by atoms with Gasteiger partial charge in [-0.25, -0.2) is 9.18 Å². The molecule has 25 heavy (non-hydrogen) atoms. The van der Waals surface area contributed by atoms with Crippen LogP contribution in [0.25, 0.3) is 11.0 Å². The van der Waals surface area contributed by atoms with Crippen LogP contribution in [0.2, 0.25) is 5.02 Å². The number of fused-ring (bicyclic) bond motifs is 1. The van der Waals surface area contributed by atoms with Crippen molar-refractivity contribution in [3.8, 4) is 0 Å². The fourth-order valence-electron chi connectivity index (χ4n) is 2.24. The minimum atomic E-state index is -0.592. The molecule has 4 N–H and O–H groups in total. The predicted molar refractivity (Wildman–Crippen MR) is 91.3 cm³/mol. The van der Waals surface area contributed by atoms with E-state index in [9.17, 15) is 18.8 Å². The lowest BCUT2D eigenvalue weighted by atomic mass is 10.2. The second-order valence-electron chi connectivity index (χ2n) is 5.19. The minimum absolute atomic E-state index is 0.0419. The smallest absolute Gasteiger partial charge is 0.323 e. The first-order chi connectivity index (χ1) is 11.9. The number of aromatic nitrogens is 2. The quantitative estimate of drug-likeness (QED) is 0.570. The van der Waals surface area contributed by atoms with Crippen molar-refractivity contribution in [1.82, 2.24) is 15.3 Å². The van der Waals surface area contributed by atoms with Crippen LogP contribution in [0.1, 0.15) is 10.4 Å². The highest BCUT2D eigenvalue weighted by molar-refractivity contribution is 6.33. The van der Waals surface area contributed by atoms with E-state index >= 15 is 0 Å². The molecular weight excluding hydrogens is 351 g/mol. The van der Waals surface area contributed by atoms with Crippen LogP contribution < -0.4 is 16.3 Å². The summed E-state index contributed by atoms with van der Waals surface area (Å²) in [7, 11) is 0. The van der Waals surface area contributed by atoms with Gasteiger partial charge in [0, 0.05) is 5.69 Å². The summed E-state index contributed by atoms with van der Waals surface area (Å²) in [5.41, 5.74) is 1.35. The van der Waals surface area contributed by atoms with Gasteiger partial charge in [-0.15, -0.1) is 0 Å². The average molecular weight is 363 g/mol. The predicted octanol–water partition coefficient (Wildman–Crippen LogP) is 2.02. The van der Waals surface area contributed by atoms with E-state index in [1.165, 1.54) is 6.07 Å². The van der Waals surface area contributed by atoms with Crippen LogP contribution in [-0.4, -0.2) is 28.3 Å². The normalized spacial score (nSPS) is 10.6. The fraction of sp³-hybridized carbons (Fsp3) is 0.0625. The number of benzene rings is 2. The highest BCUT2D eigenvalue weighted by Gasteiger charge is 2.12. The van der Waals surface area contributed by atoms with E-state index in [1.54, 1.807) is 18.2 Å². The Kier molecular flexibility index (Phi) is 4.53. The number of hydrogen-bond donors (Lipinski definition) is 4. The molecule has 0 radical (unpaired) electrons. The Balaban J connectivity index is 1.61. The first-order valence-corrected chi connectivity index (χ1v) is 7.55. The molecular formula is C16H12ClFN4O3. The zero-order chi connectivity index (χ0) is 18.0. The summed E-state index contributed by atoms with van der Waals surface area (Å²) in [6, 6.07) is 8.20. The number of halogens is 2. The molecule has 3 aromatic rings. The zero-order valence-corrected chi connectivity index (χ0v) is 13.4. The number of carbonyl (C=O) groups is 2. The monoisotopic (exact) mass is 362 g/mol. The SMILES string of the molecule is O=C(CNC(=O)c1ccc(F)cc1Cl)Nc1ccc2[nH]c(=O)[nH]c2c1. The van der Waals surface area contributed by atoms with E-state index in [0.29, 0.717) is 16.7 Å². The van der Waals surface area contributed by atoms with Gasteiger partial charge in [0.2, 0.25) is 5.91 Å². The first kappa shape index (κ1) is 16.7. The largest absolute Gasteiger partial charge is 0.343 e. The number of hydrogen-bond acceptors (Lipinski definition) is 3. The maximum Gasteiger partial charge on any atom is 0.323 e. The van der Waals surface area contributed by atoms with Crippen LogP contribution in [0.5, 0.6) is 0 Å². The van der Waals surface area contributed by atoms with Gasteiger partial charge in [0.25, 0.3) is 5.91 Å². The van der Waals surface area contributed by atoms with E-state index in [1.807, 2.05) is 0 Å². The molecule has 9 heteroatoms. The van der Waals surface area contributed by atoms with Gasteiger partial charge in [0.15, 0.2) is 0 Å². The topological polar surface area (TPSA) is 107 Å². The number of amides is 2. The van der Waals surface area contributed by atoms with Crippen molar-refractivity contribution < 1.29 is 14.0 Å². The number of nitrogens with one attached hydrogen (secondary N) is 4. The van der Waals surface area contributed by atoms with Gasteiger partial charge >= 0.3 is 5.69 Å². The van der Waals surface area contributed by atoms with Crippen molar-refractivity contribution >= 4 is 40.1 Å². The Bertz CT molecular complexity index is 1030. The molecule has 0 aliphatic rings. The molecule has 0 saturated heterocycles. The number of anilines is 1. The van der Waals surface area contributed by atoms with Crippen molar-refractivity contribution in [3.63, 3.8) is 0 Å². The molecule has 7 nitrogen and oxygen atoms in total. The second kappa shape index (κ2) is 6.78. The van der Waals surface area contributed by atoms with Gasteiger partial charge in [-0.1, -0.05) is 11.6 Å². The number of imidazole rings is 1. The third kappa shape index (κ3) is 3.86. The summed E-state index contributed by atoms with van der Waals surface area (Å²) < 4.78 is 13.0. The van der Waals surface area contributed by atoms with Gasteiger partial charge in [-0.05, 0) is 36.4 Å². The maximum absolute atomic E-state index is 13.0. The fourth-order valence-corrected chi connectivity index (χ4v) is 2.50. The Morgan fingerprint density at radius 2 is 1.84 bits per heavy atom. The van der Waals surface area contributed by atoms with Crippen LogP contribution in [0.4, 0.5) is 10.1 Å². The Labute approximate surface area is 145 Å². The van der Waals surface area contributed by atoms with Crippen LogP contribution >= 0.6 is 11.6 Å². The van der Waals surface area contributed by atoms with E-state index in [-0.39, 0.29) is 22.8 Å². The Morgan fingerprint density at radius 1 is 1.08 bits per heavy atom. The van der Waals surface area contributed by atoms with Gasteiger partial charge < -0.3 is 20.6 Å². The van der Waals surface area contributed by atoms with Gasteiger partial charge in [-0.2, -0.15) is 0 Å². The van der Waals surface area contributed by atoms with Crippen LogP contribution in [-0.2, 0) is 4.79 Å². The number of carbonyl (C=O) groups excluding carboxylic acids is 2. The van der Waals surface area contributed by atoms with E-state index in [4.69, 9.17) is 11.6 Å². The summed E-state index contributed by atoms with van der Waals surface area (Å²) in [5.74, 6) is -1.62. The van der Waals surface area contributed by atoms with Crippen molar-refractivity contribution in [2.24, 2.45) is 0 Å². The molecule has 1 aromatic heterocycles. The number of aromatic amines is 2. The molecule has 0 spiro atoms. The average Bonchev–Trinajstić information content (AvgIpc) is 2.92. The van der Waals surface area contributed by atoms with E-state index < -0.39 is 17.6 Å². The lowest BCUT2D eigenvalue weighted by molar-refractivity contribution is -0.115. The molecule has 128 valence electrons. The summed E-state index contributed by atoms with van der Waals surface area (Å²) in [6.07, 6.45) is 0.